The van der Waals surface area contributed by atoms with E-state index in [-0.39, 0.29) is 0 Å². The fourth-order valence-electron chi connectivity index (χ4n) is 20.6. The first-order chi connectivity index (χ1) is 63.7. The van der Waals surface area contributed by atoms with Crippen LogP contribution in [0.15, 0.2) is 455 Å². The summed E-state index contributed by atoms with van der Waals surface area (Å²) in [6, 6.07) is 156. The molecule has 0 amide bonds. The molecule has 6 heterocycles. The van der Waals surface area contributed by atoms with Gasteiger partial charge in [-0.15, -0.1) is 0 Å². The van der Waals surface area contributed by atoms with Crippen molar-refractivity contribution in [2.75, 3.05) is 0 Å². The van der Waals surface area contributed by atoms with Gasteiger partial charge in [-0.1, -0.05) is 376 Å². The van der Waals surface area contributed by atoms with Crippen LogP contribution in [-0.2, 0) is 13.7 Å². The van der Waals surface area contributed by atoms with E-state index in [2.05, 4.69) is 262 Å². The van der Waals surface area contributed by atoms with Gasteiger partial charge in [-0.3, -0.25) is 13.2 Å². The fraction of sp³-hybridized carbons (Fsp3) is 0. The van der Waals surface area contributed by atoms with Gasteiger partial charge < -0.3 is 13.7 Å². The summed E-state index contributed by atoms with van der Waals surface area (Å²) in [5, 5.41) is 30.2. The van der Waals surface area contributed by atoms with Crippen molar-refractivity contribution in [3.63, 3.8) is 0 Å². The zero-order chi connectivity index (χ0) is 85.6. The normalized spacial score (nSPS) is 12.3. The number of benzene rings is 21. The Morgan fingerprint density at radius 3 is 0.961 bits per heavy atom. The Balaban J connectivity index is 0.000000105. The lowest BCUT2D eigenvalue weighted by atomic mass is 9.97. The molecule has 27 aromatic rings. The molecule has 0 bridgehead atoms. The molecule has 0 aliphatic rings. The zero-order valence-corrected chi connectivity index (χ0v) is 72.2. The number of para-hydroxylation sites is 6. The van der Waals surface area contributed by atoms with Crippen molar-refractivity contribution in [1.29, 1.82) is 0 Å². The molecule has 6 aromatic heterocycles. The van der Waals surface area contributed by atoms with E-state index >= 15 is 13.7 Å². The lowest BCUT2D eigenvalue weighted by Crippen LogP contribution is -2.26. The quantitative estimate of drug-likeness (QED) is 0.0810. The van der Waals surface area contributed by atoms with E-state index in [0.29, 0.717) is 0 Å². The molecule has 21 aromatic carbocycles. The largest absolute Gasteiger partial charge is 0.309 e. The van der Waals surface area contributed by atoms with E-state index in [0.717, 1.165) is 217 Å². The van der Waals surface area contributed by atoms with Gasteiger partial charge in [-0.05, 0) is 154 Å². The van der Waals surface area contributed by atoms with Crippen LogP contribution < -0.4 is 47.7 Å². The molecule has 0 saturated heterocycles. The number of aromatic nitrogens is 6. The molecule has 27 rings (SSSR count). The van der Waals surface area contributed by atoms with Crippen LogP contribution in [0.3, 0.4) is 0 Å². The van der Waals surface area contributed by atoms with Crippen molar-refractivity contribution in [1.82, 2.24) is 28.2 Å². The summed E-state index contributed by atoms with van der Waals surface area (Å²) in [6.45, 7) is 0. The highest BCUT2D eigenvalue weighted by molar-refractivity contribution is 7.87. The van der Waals surface area contributed by atoms with Gasteiger partial charge in [0.1, 0.15) is 16.9 Å². The molecule has 12 heteroatoms. The third-order valence-corrected chi connectivity index (χ3v) is 35.7. The molecule has 0 fully saturated rings. The van der Waals surface area contributed by atoms with Gasteiger partial charge in [0, 0.05) is 85.4 Å². The summed E-state index contributed by atoms with van der Waals surface area (Å²) in [7, 11) is -9.99. The van der Waals surface area contributed by atoms with Crippen molar-refractivity contribution in [3.8, 4) is 0 Å². The Morgan fingerprint density at radius 2 is 0.488 bits per heavy atom. The zero-order valence-electron chi connectivity index (χ0n) is 69.6. The third kappa shape index (κ3) is 11.7. The van der Waals surface area contributed by atoms with E-state index in [1.54, 1.807) is 0 Å². The highest BCUT2D eigenvalue weighted by Gasteiger charge is 2.38. The second kappa shape index (κ2) is 30.0. The molecule has 0 aliphatic heterocycles. The Kier molecular flexibility index (Phi) is 17.6. The molecular weight excluding hydrogens is 1630 g/mol. The lowest BCUT2D eigenvalue weighted by Gasteiger charge is -2.25. The lowest BCUT2D eigenvalue weighted by molar-refractivity contribution is 0.592. The van der Waals surface area contributed by atoms with Gasteiger partial charge in [-0.25, -0.2) is 15.0 Å². The number of fused-ring (bicyclic) bond motifs is 33. The molecule has 0 radical (unpaired) electrons. The second-order valence-corrected chi connectivity index (χ2v) is 41.5. The van der Waals surface area contributed by atoms with E-state index in [1.807, 2.05) is 206 Å². The standard InChI is InChI=1S/3C39H25N2OP/c42-43(28-15-3-1-4-16-28,29-17-5-2-6-18-29)38-31-20-10-8-14-27(31)25-35-37(38)32-24-23-26-13-7-9-19-30(26)36(32)39-40-33-21-11-12-22-34(33)41(35)39;42-43(29-16-3-1-4-17-29,30-18-5-2-6-19-30)36-25-28-15-9-10-20-31(28)38-37(36)32-23-26-13-7-8-14-27(26)24-35(32)41-34-22-12-11-21-33(34)40-39(38)41;42-43(28-15-3-1-4-16-28,29-17-5-2-6-18-29)37-25-33-32-23-26-13-7-8-14-27(26)24-36(32)41-35-22-12-11-21-34(35)40-39(41)38(33)31-20-10-9-19-30(31)37/h3*1-25H. The molecule has 0 aliphatic carbocycles. The van der Waals surface area contributed by atoms with Crippen LogP contribution in [0, 0.1) is 0 Å². The van der Waals surface area contributed by atoms with Crippen molar-refractivity contribution in [2.45, 2.75) is 0 Å². The fourth-order valence-corrected chi connectivity index (χ4v) is 29.5. The predicted octanol–water partition coefficient (Wildman–Crippen LogP) is 26.2. The van der Waals surface area contributed by atoms with Crippen molar-refractivity contribution >= 4 is 249 Å². The second-order valence-electron chi connectivity index (χ2n) is 33.3. The average molecular weight is 1710 g/mol. The highest BCUT2D eigenvalue weighted by atomic mass is 31.2. The van der Waals surface area contributed by atoms with Crippen LogP contribution in [0.1, 0.15) is 0 Å². The van der Waals surface area contributed by atoms with Gasteiger partial charge in [0.05, 0.1) is 49.7 Å². The minimum absolute atomic E-state index is 0.820. The van der Waals surface area contributed by atoms with Crippen LogP contribution in [0.25, 0.3) is 180 Å². The molecule has 0 atom stereocenters. The van der Waals surface area contributed by atoms with Gasteiger partial charge in [-0.2, -0.15) is 0 Å². The van der Waals surface area contributed by atoms with Gasteiger partial charge >= 0.3 is 0 Å². The molecule has 0 saturated carbocycles. The van der Waals surface area contributed by atoms with E-state index in [1.165, 1.54) is 10.8 Å². The first-order valence-electron chi connectivity index (χ1n) is 43.5. The smallest absolute Gasteiger partial charge is 0.172 e. The summed E-state index contributed by atoms with van der Waals surface area (Å²) in [5.41, 5.74) is 11.9. The maximum absolute atomic E-state index is 16.3. The molecule has 9 nitrogen and oxygen atoms in total. The van der Waals surface area contributed by atoms with Gasteiger partial charge in [0.2, 0.25) is 0 Å². The number of hydrogen-bond acceptors (Lipinski definition) is 6. The molecule has 606 valence electrons. The minimum Gasteiger partial charge on any atom is -0.309 e. The van der Waals surface area contributed by atoms with Crippen molar-refractivity contribution in [2.24, 2.45) is 0 Å². The summed E-state index contributed by atoms with van der Waals surface area (Å²) in [4.78, 5) is 15.7. The van der Waals surface area contributed by atoms with Crippen molar-refractivity contribution in [3.05, 3.63) is 455 Å². The van der Waals surface area contributed by atoms with Crippen LogP contribution in [0.2, 0.25) is 0 Å². The molecule has 129 heavy (non-hydrogen) atoms. The van der Waals surface area contributed by atoms with Crippen LogP contribution in [0.5, 0.6) is 0 Å². The Morgan fingerprint density at radius 1 is 0.171 bits per heavy atom. The topological polar surface area (TPSA) is 103 Å². The number of rotatable bonds is 9. The number of pyridine rings is 3. The van der Waals surface area contributed by atoms with Crippen LogP contribution >= 0.6 is 21.4 Å². The number of imidazole rings is 3. The predicted molar refractivity (Wildman–Crippen MR) is 546 cm³/mol. The first kappa shape index (κ1) is 75.8. The summed E-state index contributed by atoms with van der Waals surface area (Å²) in [5.74, 6) is 0. The number of nitrogens with zero attached hydrogens (tertiary/aromatic N) is 6. The van der Waals surface area contributed by atoms with E-state index in [9.17, 15) is 0 Å². The van der Waals surface area contributed by atoms with Crippen LogP contribution in [-0.4, -0.2) is 28.2 Å². The Labute approximate surface area is 740 Å². The molecule has 0 spiro atoms. The van der Waals surface area contributed by atoms with Crippen LogP contribution in [0.4, 0.5) is 0 Å². The Bertz CT molecular complexity index is 9350. The summed E-state index contributed by atoms with van der Waals surface area (Å²) in [6.07, 6.45) is 0. The number of hydrogen-bond donors (Lipinski definition) is 0. The maximum Gasteiger partial charge on any atom is 0.172 e. The summed E-state index contributed by atoms with van der Waals surface area (Å²) >= 11 is 0. The monoisotopic (exact) mass is 1700 g/mol. The van der Waals surface area contributed by atoms with Gasteiger partial charge in [0.15, 0.2) is 21.4 Å². The highest BCUT2D eigenvalue weighted by Crippen LogP contribution is 2.53. The molecule has 0 N–H and O–H groups in total. The molecular formula is C117H75N6O3P3. The van der Waals surface area contributed by atoms with Crippen molar-refractivity contribution < 1.29 is 13.7 Å². The van der Waals surface area contributed by atoms with E-state index in [4.69, 9.17) is 15.0 Å². The van der Waals surface area contributed by atoms with E-state index < -0.39 is 21.4 Å². The first-order valence-corrected chi connectivity index (χ1v) is 48.6. The average Bonchev–Trinajstić information content (AvgIpc) is 1.64. The minimum atomic E-state index is -3.39. The molecule has 0 unspecified atom stereocenters. The maximum atomic E-state index is 16.3. The summed E-state index contributed by atoms with van der Waals surface area (Å²) < 4.78 is 55.0. The third-order valence-electron chi connectivity index (χ3n) is 26.3. The Hall–Kier alpha value is -15.7. The SMILES string of the molecule is O=P(c1ccccc1)(c1ccccc1)c1c2ccccc2cc2c1c1ccc3ccccc3c1c1nc3ccccc3n21.O=P(c1ccccc1)(c1ccccc1)c1cc2c3cc4ccccc4cc3n3c4ccccc4nc3c2c2ccccc12.O=P(c1ccccc1)(c1ccccc1)c1cc2ccccc2c2c1c1cc3ccccc3cc1n1c3ccccc3nc21. The van der Waals surface area contributed by atoms with Gasteiger partial charge in [0.25, 0.3) is 0 Å².